The number of rotatable bonds is 13. The van der Waals surface area contributed by atoms with E-state index in [0.29, 0.717) is 98.6 Å². The van der Waals surface area contributed by atoms with Gasteiger partial charge < -0.3 is 44.2 Å². The lowest BCUT2D eigenvalue weighted by molar-refractivity contribution is 0.0263. The number of phenols is 2. The maximum Gasteiger partial charge on any atom is 0.319 e. The summed E-state index contributed by atoms with van der Waals surface area (Å²) in [6.07, 6.45) is 18.2. The number of benzene rings is 4. The van der Waals surface area contributed by atoms with Crippen LogP contribution in [0.25, 0.3) is 65.9 Å². The number of ether oxygens (including phenoxy) is 3. The van der Waals surface area contributed by atoms with Gasteiger partial charge in [-0.15, -0.1) is 12.8 Å². The molecule has 4 saturated heterocycles. The second-order valence-electron chi connectivity index (χ2n) is 23.9. The number of nitrogens with zero attached hydrogens (tertiary/aromatic N) is 10. The number of hydrogen-bond acceptors (Lipinski definition) is 16. The number of alkyl halides is 1. The molecule has 8 heterocycles. The largest absolute Gasteiger partial charge is 0.508 e. The van der Waals surface area contributed by atoms with Crippen molar-refractivity contribution in [3.8, 4) is 70.7 Å². The van der Waals surface area contributed by atoms with E-state index in [1.807, 2.05) is 23.9 Å². The van der Waals surface area contributed by atoms with Gasteiger partial charge >= 0.3 is 12.0 Å². The Morgan fingerprint density at radius 3 is 1.76 bits per heavy atom. The molecule has 4 aromatic heterocycles. The van der Waals surface area contributed by atoms with Crippen molar-refractivity contribution in [1.29, 1.82) is 0 Å². The summed E-state index contributed by atoms with van der Waals surface area (Å²) >= 11 is 0. The molecular formula is C64H63F5N10O6. The van der Waals surface area contributed by atoms with Gasteiger partial charge in [-0.05, 0) is 114 Å². The first-order valence-electron chi connectivity index (χ1n) is 28.4. The number of pyridine rings is 2. The third kappa shape index (κ3) is 10.9. The summed E-state index contributed by atoms with van der Waals surface area (Å²) in [5, 5.41) is 33.8. The monoisotopic (exact) mass is 1160 g/mol. The second-order valence-corrected chi connectivity index (χ2v) is 23.9. The summed E-state index contributed by atoms with van der Waals surface area (Å²) in [6.45, 7) is 9.33. The van der Waals surface area contributed by atoms with Crippen molar-refractivity contribution >= 4 is 55.0 Å². The number of terminal acetylenes is 2. The van der Waals surface area contributed by atoms with Crippen molar-refractivity contribution in [2.45, 2.75) is 69.7 Å². The van der Waals surface area contributed by atoms with Crippen molar-refractivity contribution in [3.63, 3.8) is 0 Å². The highest BCUT2D eigenvalue weighted by atomic mass is 19.1. The highest BCUT2D eigenvalue weighted by Gasteiger charge is 2.50. The van der Waals surface area contributed by atoms with Crippen LogP contribution in [0.15, 0.2) is 60.9 Å². The van der Waals surface area contributed by atoms with Crippen LogP contribution in [0.3, 0.4) is 0 Å². The normalized spacial score (nSPS) is 20.2. The number of anilines is 2. The summed E-state index contributed by atoms with van der Waals surface area (Å²) in [4.78, 5) is 35.5. The van der Waals surface area contributed by atoms with Gasteiger partial charge in [0.2, 0.25) is 0 Å². The van der Waals surface area contributed by atoms with Crippen LogP contribution < -0.4 is 19.3 Å². The fourth-order valence-electron chi connectivity index (χ4n) is 12.9. The van der Waals surface area contributed by atoms with E-state index in [1.165, 1.54) is 60.9 Å². The molecule has 1 aliphatic carbocycles. The third-order valence-corrected chi connectivity index (χ3v) is 17.3. The zero-order valence-corrected chi connectivity index (χ0v) is 47.5. The molecule has 4 aliphatic heterocycles. The molecule has 85 heavy (non-hydrogen) atoms. The average molecular weight is 1160 g/mol. The zero-order valence-electron chi connectivity index (χ0n) is 47.5. The molecule has 4 aromatic carbocycles. The van der Waals surface area contributed by atoms with Gasteiger partial charge in [0, 0.05) is 91.3 Å². The molecule has 0 bridgehead atoms. The van der Waals surface area contributed by atoms with E-state index in [2.05, 4.69) is 46.6 Å². The predicted molar refractivity (Wildman–Crippen MR) is 313 cm³/mol. The quantitative estimate of drug-likeness (QED) is 0.0733. The number of aromatic hydroxyl groups is 2. The summed E-state index contributed by atoms with van der Waals surface area (Å²) in [5.41, 5.74) is -1.53. The summed E-state index contributed by atoms with van der Waals surface area (Å²) in [6, 6.07) is 10.9. The molecular weight excluding hydrogens is 1100 g/mol. The maximum absolute atomic E-state index is 16.7. The van der Waals surface area contributed by atoms with Gasteiger partial charge in [-0.1, -0.05) is 24.0 Å². The molecule has 13 rings (SSSR count). The Labute approximate surface area is 487 Å². The van der Waals surface area contributed by atoms with Crippen LogP contribution in [-0.2, 0) is 4.74 Å². The number of fused-ring (bicyclic) bond motifs is 5. The molecule has 3 atom stereocenters. The molecule has 3 N–H and O–H groups in total. The summed E-state index contributed by atoms with van der Waals surface area (Å²) in [5.74, 6) is 2.44. The fourth-order valence-corrected chi connectivity index (χ4v) is 12.9. The number of phenolic OH excluding ortho intramolecular Hbond substituents is 2. The lowest BCUT2D eigenvalue weighted by Crippen LogP contribution is -2.43. The predicted octanol–water partition coefficient (Wildman–Crippen LogP) is 9.73. The molecule has 5 fully saturated rings. The average Bonchev–Trinajstić information content (AvgIpc) is 1.94. The summed E-state index contributed by atoms with van der Waals surface area (Å²) in [7, 11) is 4.05. The van der Waals surface area contributed by atoms with E-state index in [0.717, 1.165) is 38.8 Å². The Kier molecular flexibility index (Phi) is 15.0. The van der Waals surface area contributed by atoms with E-state index in [1.54, 1.807) is 13.8 Å². The number of hydrogen-bond donors (Lipinski definition) is 3. The van der Waals surface area contributed by atoms with E-state index in [9.17, 15) is 28.5 Å². The van der Waals surface area contributed by atoms with Crippen LogP contribution >= 0.6 is 0 Å². The molecule has 440 valence electrons. The van der Waals surface area contributed by atoms with Crippen LogP contribution in [0.2, 0.25) is 0 Å². The lowest BCUT2D eigenvalue weighted by atomic mass is 9.90. The topological polar surface area (TPSA) is 179 Å². The molecule has 1 saturated carbocycles. The van der Waals surface area contributed by atoms with Gasteiger partial charge in [0.05, 0.1) is 52.9 Å². The van der Waals surface area contributed by atoms with Crippen LogP contribution in [0.5, 0.6) is 23.5 Å². The van der Waals surface area contributed by atoms with Crippen LogP contribution in [-0.4, -0.2) is 159 Å². The number of morpholine rings is 1. The molecule has 0 spiro atoms. The Balaban J connectivity index is 0.000000168. The second kappa shape index (κ2) is 22.3. The Morgan fingerprint density at radius 2 is 1.26 bits per heavy atom. The van der Waals surface area contributed by atoms with Crippen LogP contribution in [0.4, 0.5) is 33.6 Å². The van der Waals surface area contributed by atoms with Gasteiger partial charge in [0.15, 0.2) is 11.6 Å². The van der Waals surface area contributed by atoms with E-state index in [4.69, 9.17) is 32.0 Å². The minimum absolute atomic E-state index is 0.0177. The number of halogens is 5. The first-order chi connectivity index (χ1) is 40.8. The van der Waals surface area contributed by atoms with E-state index in [-0.39, 0.29) is 96.9 Å². The Morgan fingerprint density at radius 1 is 0.718 bits per heavy atom. The minimum atomic E-state index is -0.939. The van der Waals surface area contributed by atoms with E-state index >= 15 is 8.78 Å². The molecule has 5 aliphatic rings. The van der Waals surface area contributed by atoms with Gasteiger partial charge in [-0.25, -0.2) is 22.0 Å². The molecule has 21 heteroatoms. The number of aromatic nitrogens is 6. The number of aliphatic hydroxyl groups is 1. The minimum Gasteiger partial charge on any atom is -0.508 e. The SMILES string of the molecule is C#Cc1c(F)ccc2cc(O)cc(-c3ncc4c(N5CCC(C(C)(C)O)C5)nc(OCC56CCCN5CC(F)C6)nc4c3F)c12.C#Cc1c(F)ccc2cc(O)cc(-c3ncc4c(N5CCOCC5)nc(OCC5(CN(C)C)CC5)nc4c3F)c12. The zero-order chi connectivity index (χ0) is 59.7. The summed E-state index contributed by atoms with van der Waals surface area (Å²) < 4.78 is 94.9. The first kappa shape index (κ1) is 57.2. The van der Waals surface area contributed by atoms with Gasteiger partial charge in [0.25, 0.3) is 0 Å². The molecule has 3 unspecified atom stereocenters. The highest BCUT2D eigenvalue weighted by Crippen LogP contribution is 2.47. The van der Waals surface area contributed by atoms with Crippen molar-refractivity contribution in [2.24, 2.45) is 11.3 Å². The lowest BCUT2D eigenvalue weighted by Gasteiger charge is -2.31. The Bertz CT molecular complexity index is 4050. The van der Waals surface area contributed by atoms with Crippen molar-refractivity contribution in [2.75, 3.05) is 96.1 Å². The third-order valence-electron chi connectivity index (χ3n) is 17.3. The van der Waals surface area contributed by atoms with E-state index < -0.39 is 40.6 Å². The van der Waals surface area contributed by atoms with Crippen LogP contribution in [0.1, 0.15) is 63.5 Å². The Hall–Kier alpha value is -8.21. The molecule has 0 amide bonds. The standard InChI is InChI=1S/C34H34F3N5O3.C30H29F2N5O3/c1-4-23-26(36)7-6-19-12-22(43)13-24(27(19)23)29-28(37)30-25(15-38-29)31(41-11-8-20(16-41)33(2,3)44)40-32(39-30)45-18-34-9-5-10-42(34)17-21(35)14-34;1-4-20-23(31)6-5-18-13-19(38)14-21(24(18)20)26-25(32)27-22(15-33-26)28(37-9-11-39-12-10-37)35-29(34-27)40-17-30(7-8-30)16-36(2)3/h1,6-7,12-13,15,20-21,43-44H,5,8-11,14,16-18H2,2-3H3;1,5-6,13-15,38H,7-12,16-17H2,2-3H3. The van der Waals surface area contributed by atoms with Crippen LogP contribution in [0, 0.1) is 59.3 Å². The molecule has 16 nitrogen and oxygen atoms in total. The molecule has 0 radical (unpaired) electrons. The molecule has 8 aromatic rings. The van der Waals surface area contributed by atoms with Crippen molar-refractivity contribution in [1.82, 2.24) is 39.7 Å². The van der Waals surface area contributed by atoms with Gasteiger partial charge in [-0.2, -0.15) is 19.9 Å². The van der Waals surface area contributed by atoms with Crippen molar-refractivity contribution < 1.29 is 51.5 Å². The van der Waals surface area contributed by atoms with Gasteiger partial charge in [-0.3, -0.25) is 14.9 Å². The maximum atomic E-state index is 16.7. The first-order valence-corrected chi connectivity index (χ1v) is 28.4. The fraction of sp³-hybridized carbons (Fsp3) is 0.406. The smallest absolute Gasteiger partial charge is 0.319 e. The highest BCUT2D eigenvalue weighted by molar-refractivity contribution is 6.04. The van der Waals surface area contributed by atoms with Gasteiger partial charge in [0.1, 0.15) is 70.0 Å². The van der Waals surface area contributed by atoms with Crippen molar-refractivity contribution in [3.05, 3.63) is 95.3 Å².